The highest BCUT2D eigenvalue weighted by atomic mass is 16.5. The Balaban J connectivity index is 0.00000121. The SMILES string of the molecule is CC.CCOCCCCOC1=C(C)CCC=C1. The van der Waals surface area contributed by atoms with Gasteiger partial charge in [-0.15, -0.1) is 0 Å². The molecular formula is C15H28O2. The van der Waals surface area contributed by atoms with Crippen molar-refractivity contribution in [1.82, 2.24) is 0 Å². The van der Waals surface area contributed by atoms with Crippen LogP contribution in [0, 0.1) is 0 Å². The van der Waals surface area contributed by atoms with Gasteiger partial charge in [0.2, 0.25) is 0 Å². The third-order valence-electron chi connectivity index (χ3n) is 2.52. The van der Waals surface area contributed by atoms with E-state index in [-0.39, 0.29) is 0 Å². The Morgan fingerprint density at radius 2 is 1.88 bits per heavy atom. The van der Waals surface area contributed by atoms with E-state index in [1.54, 1.807) is 0 Å². The predicted octanol–water partition coefficient (Wildman–Crippen LogP) is 4.47. The maximum absolute atomic E-state index is 5.71. The van der Waals surface area contributed by atoms with Gasteiger partial charge in [-0.05, 0) is 51.2 Å². The Morgan fingerprint density at radius 1 is 1.18 bits per heavy atom. The minimum Gasteiger partial charge on any atom is -0.494 e. The number of allylic oxidation sites excluding steroid dienone is 3. The van der Waals surface area contributed by atoms with Crippen LogP contribution in [0.15, 0.2) is 23.5 Å². The van der Waals surface area contributed by atoms with Gasteiger partial charge >= 0.3 is 0 Å². The first-order chi connectivity index (χ1) is 8.34. The van der Waals surface area contributed by atoms with Crippen LogP contribution in [0.1, 0.15) is 53.4 Å². The quantitative estimate of drug-likeness (QED) is 0.611. The van der Waals surface area contributed by atoms with E-state index in [1.165, 1.54) is 5.57 Å². The fraction of sp³-hybridized carbons (Fsp3) is 0.733. The lowest BCUT2D eigenvalue weighted by molar-refractivity contribution is 0.132. The Kier molecular flexibility index (Phi) is 11.2. The van der Waals surface area contributed by atoms with Gasteiger partial charge in [0, 0.05) is 13.2 Å². The second-order valence-electron chi connectivity index (χ2n) is 3.84. The van der Waals surface area contributed by atoms with Crippen molar-refractivity contribution in [3.8, 4) is 0 Å². The summed E-state index contributed by atoms with van der Waals surface area (Å²) in [5, 5.41) is 0. The van der Waals surface area contributed by atoms with Gasteiger partial charge in [-0.2, -0.15) is 0 Å². The minimum absolute atomic E-state index is 0.810. The van der Waals surface area contributed by atoms with Crippen molar-refractivity contribution in [2.24, 2.45) is 0 Å². The van der Waals surface area contributed by atoms with Gasteiger partial charge in [0.25, 0.3) is 0 Å². The molecule has 0 radical (unpaired) electrons. The van der Waals surface area contributed by atoms with Crippen molar-refractivity contribution in [2.45, 2.75) is 53.4 Å². The summed E-state index contributed by atoms with van der Waals surface area (Å²) in [4.78, 5) is 0. The molecule has 0 atom stereocenters. The summed E-state index contributed by atoms with van der Waals surface area (Å²) >= 11 is 0. The maximum atomic E-state index is 5.71. The molecule has 0 aromatic heterocycles. The summed E-state index contributed by atoms with van der Waals surface area (Å²) in [5.41, 5.74) is 1.38. The third-order valence-corrected chi connectivity index (χ3v) is 2.52. The fourth-order valence-corrected chi connectivity index (χ4v) is 1.56. The molecule has 0 saturated heterocycles. The molecule has 0 N–H and O–H groups in total. The fourth-order valence-electron chi connectivity index (χ4n) is 1.56. The molecule has 2 heteroatoms. The molecule has 1 aliphatic rings. The molecule has 0 bridgehead atoms. The molecule has 1 aliphatic carbocycles. The van der Waals surface area contributed by atoms with Gasteiger partial charge in [0.05, 0.1) is 6.61 Å². The molecule has 0 aromatic rings. The molecule has 1 rings (SSSR count). The zero-order valence-electron chi connectivity index (χ0n) is 11.9. The highest BCUT2D eigenvalue weighted by Crippen LogP contribution is 2.19. The van der Waals surface area contributed by atoms with E-state index in [2.05, 4.69) is 19.1 Å². The van der Waals surface area contributed by atoms with Gasteiger partial charge in [-0.3, -0.25) is 0 Å². The van der Waals surface area contributed by atoms with Crippen LogP contribution in [0.3, 0.4) is 0 Å². The summed E-state index contributed by atoms with van der Waals surface area (Å²) in [5.74, 6) is 1.08. The zero-order valence-corrected chi connectivity index (χ0v) is 11.9. The van der Waals surface area contributed by atoms with Gasteiger partial charge in [0.15, 0.2) is 0 Å². The highest BCUT2D eigenvalue weighted by molar-refractivity contribution is 5.22. The summed E-state index contributed by atoms with van der Waals surface area (Å²) in [6.07, 6.45) is 8.74. The van der Waals surface area contributed by atoms with Crippen LogP contribution in [0.2, 0.25) is 0 Å². The first kappa shape index (κ1) is 16.2. The monoisotopic (exact) mass is 240 g/mol. The van der Waals surface area contributed by atoms with Crippen molar-refractivity contribution in [3.05, 3.63) is 23.5 Å². The second kappa shape index (κ2) is 11.7. The van der Waals surface area contributed by atoms with E-state index >= 15 is 0 Å². The topological polar surface area (TPSA) is 18.5 Å². The van der Waals surface area contributed by atoms with Crippen molar-refractivity contribution >= 4 is 0 Å². The summed E-state index contributed by atoms with van der Waals surface area (Å²) in [6, 6.07) is 0. The Morgan fingerprint density at radius 3 is 2.53 bits per heavy atom. The molecule has 0 saturated carbocycles. The highest BCUT2D eigenvalue weighted by Gasteiger charge is 2.04. The Labute approximate surface area is 107 Å². The first-order valence-electron chi connectivity index (χ1n) is 6.91. The normalized spacial score (nSPS) is 14.4. The zero-order chi connectivity index (χ0) is 12.9. The lowest BCUT2D eigenvalue weighted by Crippen LogP contribution is -2.01. The lowest BCUT2D eigenvalue weighted by Gasteiger charge is -2.13. The second-order valence-corrected chi connectivity index (χ2v) is 3.84. The van der Waals surface area contributed by atoms with Crippen molar-refractivity contribution < 1.29 is 9.47 Å². The van der Waals surface area contributed by atoms with Crippen molar-refractivity contribution in [1.29, 1.82) is 0 Å². The number of hydrogen-bond donors (Lipinski definition) is 0. The number of unbranched alkanes of at least 4 members (excludes halogenated alkanes) is 1. The van der Waals surface area contributed by atoms with Crippen LogP contribution in [-0.4, -0.2) is 19.8 Å². The lowest BCUT2D eigenvalue weighted by atomic mass is 10.1. The average Bonchev–Trinajstić information content (AvgIpc) is 2.38. The maximum Gasteiger partial charge on any atom is 0.117 e. The van der Waals surface area contributed by atoms with E-state index in [0.717, 1.165) is 51.3 Å². The summed E-state index contributed by atoms with van der Waals surface area (Å²) < 4.78 is 11.0. The van der Waals surface area contributed by atoms with Crippen LogP contribution >= 0.6 is 0 Å². The van der Waals surface area contributed by atoms with Gasteiger partial charge in [-0.1, -0.05) is 19.9 Å². The number of rotatable bonds is 7. The smallest absolute Gasteiger partial charge is 0.117 e. The van der Waals surface area contributed by atoms with E-state index in [9.17, 15) is 0 Å². The van der Waals surface area contributed by atoms with E-state index in [4.69, 9.17) is 9.47 Å². The molecule has 17 heavy (non-hydrogen) atoms. The van der Waals surface area contributed by atoms with Crippen LogP contribution in [0.4, 0.5) is 0 Å². The molecule has 0 aromatic carbocycles. The standard InChI is InChI=1S/C13H22O2.C2H6/c1-3-14-10-6-7-11-15-13-9-5-4-8-12(13)2;1-2/h5,9H,3-4,6-8,10-11H2,1-2H3;1-2H3. The Bertz CT molecular complexity index is 229. The van der Waals surface area contributed by atoms with Crippen molar-refractivity contribution in [2.75, 3.05) is 19.8 Å². The summed E-state index contributed by atoms with van der Waals surface area (Å²) in [7, 11) is 0. The molecule has 0 amide bonds. The first-order valence-corrected chi connectivity index (χ1v) is 6.91. The number of ether oxygens (including phenoxy) is 2. The molecule has 0 aliphatic heterocycles. The van der Waals surface area contributed by atoms with Crippen LogP contribution < -0.4 is 0 Å². The van der Waals surface area contributed by atoms with Gasteiger partial charge < -0.3 is 9.47 Å². The average molecular weight is 240 g/mol. The minimum atomic E-state index is 0.810. The predicted molar refractivity (Wildman–Crippen MR) is 74.1 cm³/mol. The van der Waals surface area contributed by atoms with E-state index in [1.807, 2.05) is 20.8 Å². The molecule has 0 spiro atoms. The van der Waals surface area contributed by atoms with Crippen LogP contribution in [0.5, 0.6) is 0 Å². The van der Waals surface area contributed by atoms with E-state index < -0.39 is 0 Å². The largest absolute Gasteiger partial charge is 0.494 e. The third kappa shape index (κ3) is 8.03. The molecule has 0 fully saturated rings. The molecule has 100 valence electrons. The van der Waals surface area contributed by atoms with Gasteiger partial charge in [-0.25, -0.2) is 0 Å². The Hall–Kier alpha value is -0.760. The van der Waals surface area contributed by atoms with Gasteiger partial charge in [0.1, 0.15) is 5.76 Å². The van der Waals surface area contributed by atoms with Crippen molar-refractivity contribution in [3.63, 3.8) is 0 Å². The molecule has 2 nitrogen and oxygen atoms in total. The molecule has 0 unspecified atom stereocenters. The van der Waals surface area contributed by atoms with Crippen LogP contribution in [-0.2, 0) is 9.47 Å². The van der Waals surface area contributed by atoms with Crippen LogP contribution in [0.25, 0.3) is 0 Å². The van der Waals surface area contributed by atoms with E-state index in [0.29, 0.717) is 0 Å². The number of hydrogen-bond acceptors (Lipinski definition) is 2. The molecule has 0 heterocycles. The summed E-state index contributed by atoms with van der Waals surface area (Å²) in [6.45, 7) is 10.7. The molecular weight excluding hydrogens is 212 g/mol.